The van der Waals surface area contributed by atoms with Gasteiger partial charge in [-0.05, 0) is 49.9 Å². The molecule has 2 aromatic carbocycles. The van der Waals surface area contributed by atoms with Crippen molar-refractivity contribution in [2.24, 2.45) is 0 Å². The summed E-state index contributed by atoms with van der Waals surface area (Å²) in [6.07, 6.45) is 4.96. The molecule has 1 heterocycles. The monoisotopic (exact) mass is 511 g/mol. The molecule has 0 aromatic heterocycles. The molecule has 3 amide bonds. The molecule has 9 heteroatoms. The average molecular weight is 512 g/mol. The van der Waals surface area contributed by atoms with E-state index in [2.05, 4.69) is 5.32 Å². The highest BCUT2D eigenvalue weighted by Crippen LogP contribution is 2.30. The first-order valence-corrected chi connectivity index (χ1v) is 13.9. The van der Waals surface area contributed by atoms with Crippen LogP contribution in [0.2, 0.25) is 0 Å². The summed E-state index contributed by atoms with van der Waals surface area (Å²) in [5.74, 6) is -1.24. The highest BCUT2D eigenvalue weighted by atomic mass is 32.2. The molecule has 0 spiro atoms. The number of sulfonamides is 1. The van der Waals surface area contributed by atoms with E-state index in [-0.39, 0.29) is 47.8 Å². The van der Waals surface area contributed by atoms with Gasteiger partial charge in [-0.25, -0.2) is 12.7 Å². The second-order valence-corrected chi connectivity index (χ2v) is 11.4. The Morgan fingerprint density at radius 2 is 1.72 bits per heavy atom. The lowest BCUT2D eigenvalue weighted by Gasteiger charge is -2.32. The number of hydrogen-bond donors (Lipinski definition) is 1. The fraction of sp³-hybridized carbons (Fsp3) is 0.444. The van der Waals surface area contributed by atoms with E-state index in [1.54, 1.807) is 19.1 Å². The largest absolute Gasteiger partial charge is 0.352 e. The summed E-state index contributed by atoms with van der Waals surface area (Å²) in [7, 11) is -4.00. The first-order valence-electron chi connectivity index (χ1n) is 12.5. The van der Waals surface area contributed by atoms with Gasteiger partial charge < -0.3 is 10.2 Å². The highest BCUT2D eigenvalue weighted by Gasteiger charge is 2.41. The van der Waals surface area contributed by atoms with Crippen LogP contribution in [0.15, 0.2) is 53.4 Å². The van der Waals surface area contributed by atoms with E-state index >= 15 is 0 Å². The Bertz CT molecular complexity index is 1250. The molecule has 0 unspecified atom stereocenters. The second-order valence-electron chi connectivity index (χ2n) is 9.60. The Hall–Kier alpha value is -3.20. The van der Waals surface area contributed by atoms with Crippen molar-refractivity contribution in [2.75, 3.05) is 6.54 Å². The van der Waals surface area contributed by atoms with Crippen LogP contribution >= 0.6 is 0 Å². The van der Waals surface area contributed by atoms with Crippen molar-refractivity contribution in [3.8, 4) is 0 Å². The summed E-state index contributed by atoms with van der Waals surface area (Å²) in [4.78, 5) is 40.8. The molecule has 1 N–H and O–H groups in total. The second kappa shape index (κ2) is 10.8. The van der Waals surface area contributed by atoms with E-state index in [9.17, 15) is 22.8 Å². The molecule has 0 saturated heterocycles. The Morgan fingerprint density at radius 1 is 1.06 bits per heavy atom. The summed E-state index contributed by atoms with van der Waals surface area (Å²) in [5.41, 5.74) is 2.00. The first-order chi connectivity index (χ1) is 17.2. The van der Waals surface area contributed by atoms with Gasteiger partial charge in [-0.2, -0.15) is 0 Å². The van der Waals surface area contributed by atoms with Gasteiger partial charge in [0.25, 0.3) is 15.9 Å². The fourth-order valence-corrected chi connectivity index (χ4v) is 6.48. The van der Waals surface area contributed by atoms with Crippen molar-refractivity contribution in [1.29, 1.82) is 0 Å². The zero-order valence-corrected chi connectivity index (χ0v) is 21.6. The smallest absolute Gasteiger partial charge is 0.269 e. The van der Waals surface area contributed by atoms with Crippen molar-refractivity contribution < 1.29 is 22.8 Å². The molecule has 36 heavy (non-hydrogen) atoms. The van der Waals surface area contributed by atoms with Crippen molar-refractivity contribution in [2.45, 2.75) is 75.9 Å². The number of aryl methyl sites for hydroxylation is 1. The number of nitrogens with one attached hydrogen (secondary N) is 1. The molecule has 1 fully saturated rings. The zero-order chi connectivity index (χ0) is 25.9. The van der Waals surface area contributed by atoms with E-state index in [1.165, 1.54) is 23.5 Å². The number of nitrogens with zero attached hydrogens (tertiary/aromatic N) is 2. The van der Waals surface area contributed by atoms with Gasteiger partial charge in [-0.15, -0.1) is 0 Å². The molecule has 192 valence electrons. The van der Waals surface area contributed by atoms with E-state index < -0.39 is 22.0 Å². The minimum Gasteiger partial charge on any atom is -0.352 e. The van der Waals surface area contributed by atoms with Crippen LogP contribution in [0, 0.1) is 6.92 Å². The maximum Gasteiger partial charge on any atom is 0.269 e. The summed E-state index contributed by atoms with van der Waals surface area (Å²) in [6, 6.07) is 13.0. The van der Waals surface area contributed by atoms with Crippen LogP contribution in [0.25, 0.3) is 0 Å². The molecule has 1 aliphatic carbocycles. The van der Waals surface area contributed by atoms with Crippen LogP contribution in [0.3, 0.4) is 0 Å². The van der Waals surface area contributed by atoms with E-state index in [4.69, 9.17) is 0 Å². The predicted molar refractivity (Wildman–Crippen MR) is 135 cm³/mol. The maximum absolute atomic E-state index is 13.5. The Morgan fingerprint density at radius 3 is 2.42 bits per heavy atom. The van der Waals surface area contributed by atoms with Crippen LogP contribution in [0.1, 0.15) is 66.9 Å². The van der Waals surface area contributed by atoms with E-state index in [1.807, 2.05) is 31.2 Å². The molecule has 2 aromatic rings. The molecule has 1 aliphatic heterocycles. The van der Waals surface area contributed by atoms with Crippen LogP contribution in [0.5, 0.6) is 0 Å². The average Bonchev–Trinajstić information content (AvgIpc) is 3.07. The van der Waals surface area contributed by atoms with Gasteiger partial charge in [0.15, 0.2) is 0 Å². The Labute approximate surface area is 212 Å². The van der Waals surface area contributed by atoms with Gasteiger partial charge >= 0.3 is 0 Å². The van der Waals surface area contributed by atoms with E-state index in [0.717, 1.165) is 41.1 Å². The van der Waals surface area contributed by atoms with Gasteiger partial charge in [-0.3, -0.25) is 14.4 Å². The van der Waals surface area contributed by atoms with Crippen LogP contribution in [-0.4, -0.2) is 54.0 Å². The number of rotatable bonds is 8. The molecule has 8 nitrogen and oxygen atoms in total. The maximum atomic E-state index is 13.5. The first kappa shape index (κ1) is 25.9. The molecule has 1 saturated carbocycles. The lowest BCUT2D eigenvalue weighted by Crippen LogP contribution is -2.51. The predicted octanol–water partition coefficient (Wildman–Crippen LogP) is 3.40. The van der Waals surface area contributed by atoms with Crippen LogP contribution < -0.4 is 5.32 Å². The Kier molecular flexibility index (Phi) is 7.78. The number of carbonyl (C=O) groups is 3. The quantitative estimate of drug-likeness (QED) is 0.585. The summed E-state index contributed by atoms with van der Waals surface area (Å²) in [6.45, 7) is 3.57. The lowest BCUT2D eigenvalue weighted by atomic mass is 9.95. The van der Waals surface area contributed by atoms with Crippen molar-refractivity contribution >= 4 is 27.7 Å². The lowest BCUT2D eigenvalue weighted by molar-refractivity contribution is -0.141. The van der Waals surface area contributed by atoms with Gasteiger partial charge in [0.1, 0.15) is 10.9 Å². The standard InChI is InChI=1S/C27H33N3O5S/c1-19-10-6-7-11-21(19)18-29(20(2)26(32)28-22-12-4-3-5-13-22)25(31)16-17-30-27(33)23-14-8-9-15-24(23)36(30,34)35/h6-11,14-15,20,22H,3-5,12-13,16-18H2,1-2H3,(H,28,32)/t20-/m1/s1. The Balaban J connectivity index is 1.51. The highest BCUT2D eigenvalue weighted by molar-refractivity contribution is 7.90. The number of amides is 3. The summed E-state index contributed by atoms with van der Waals surface area (Å²) < 4.78 is 26.5. The molecule has 4 rings (SSSR count). The van der Waals surface area contributed by atoms with Gasteiger partial charge in [-0.1, -0.05) is 55.7 Å². The molecule has 0 radical (unpaired) electrons. The summed E-state index contributed by atoms with van der Waals surface area (Å²) in [5, 5.41) is 3.09. The molecule has 0 bridgehead atoms. The van der Waals surface area contributed by atoms with Crippen molar-refractivity contribution in [1.82, 2.24) is 14.5 Å². The van der Waals surface area contributed by atoms with Crippen LogP contribution in [-0.2, 0) is 26.2 Å². The fourth-order valence-electron chi connectivity index (χ4n) is 4.92. The van der Waals surface area contributed by atoms with Crippen molar-refractivity contribution in [3.63, 3.8) is 0 Å². The van der Waals surface area contributed by atoms with Gasteiger partial charge in [0, 0.05) is 25.6 Å². The normalized spacial score (nSPS) is 17.9. The van der Waals surface area contributed by atoms with Crippen LogP contribution in [0.4, 0.5) is 0 Å². The zero-order valence-electron chi connectivity index (χ0n) is 20.8. The van der Waals surface area contributed by atoms with Crippen molar-refractivity contribution in [3.05, 3.63) is 65.2 Å². The minimum atomic E-state index is -4.00. The number of hydrogen-bond acceptors (Lipinski definition) is 5. The van der Waals surface area contributed by atoms with E-state index in [0.29, 0.717) is 0 Å². The SMILES string of the molecule is Cc1ccccc1CN(C(=O)CCN1C(=O)c2ccccc2S1(=O)=O)[C@H](C)C(=O)NC1CCCCC1. The minimum absolute atomic E-state index is 0.0422. The number of benzene rings is 2. The third-order valence-electron chi connectivity index (χ3n) is 7.16. The third-order valence-corrected chi connectivity index (χ3v) is 9.00. The number of carbonyl (C=O) groups excluding carboxylic acids is 3. The topological polar surface area (TPSA) is 104 Å². The van der Waals surface area contributed by atoms with Gasteiger partial charge in [0.05, 0.1) is 5.56 Å². The van der Waals surface area contributed by atoms with Gasteiger partial charge in [0.2, 0.25) is 11.8 Å². The summed E-state index contributed by atoms with van der Waals surface area (Å²) >= 11 is 0. The molecular formula is C27H33N3O5S. The molecular weight excluding hydrogens is 478 g/mol. The molecule has 1 atom stereocenters. The molecule has 2 aliphatic rings. The third kappa shape index (κ3) is 5.31. The number of fused-ring (bicyclic) bond motifs is 1.